The van der Waals surface area contributed by atoms with Crippen LogP contribution in [0, 0.1) is 5.92 Å². The lowest BCUT2D eigenvalue weighted by Crippen LogP contribution is -2.52. The molecule has 1 aliphatic heterocycles. The molecule has 2 rings (SSSR count). The van der Waals surface area contributed by atoms with E-state index in [1.54, 1.807) is 6.92 Å². The predicted molar refractivity (Wildman–Crippen MR) is 71.1 cm³/mol. The van der Waals surface area contributed by atoms with Gasteiger partial charge in [-0.2, -0.15) is 0 Å². The van der Waals surface area contributed by atoms with Crippen LogP contribution >= 0.6 is 0 Å². The molecule has 2 aliphatic rings. The maximum Gasteiger partial charge on any atom is 0.318 e. The highest BCUT2D eigenvalue weighted by Crippen LogP contribution is 2.19. The number of aliphatic carboxylic acids is 1. The minimum absolute atomic E-state index is 0.187. The van der Waals surface area contributed by atoms with E-state index in [1.807, 2.05) is 0 Å². The Morgan fingerprint density at radius 3 is 2.55 bits per heavy atom. The summed E-state index contributed by atoms with van der Waals surface area (Å²) in [4.78, 5) is 36.2. The Bertz CT molecular complexity index is 408. The molecule has 3 N–H and O–H groups in total. The highest BCUT2D eigenvalue weighted by molar-refractivity contribution is 5.87. The molecule has 112 valence electrons. The lowest BCUT2D eigenvalue weighted by atomic mass is 9.99. The van der Waals surface area contributed by atoms with E-state index < -0.39 is 17.9 Å². The molecule has 0 radical (unpaired) electrons. The second-order valence-corrected chi connectivity index (χ2v) is 5.58. The molecule has 20 heavy (non-hydrogen) atoms. The van der Waals surface area contributed by atoms with E-state index in [1.165, 1.54) is 4.90 Å². The summed E-state index contributed by atoms with van der Waals surface area (Å²) >= 11 is 0. The van der Waals surface area contributed by atoms with Gasteiger partial charge in [0.2, 0.25) is 5.91 Å². The first kappa shape index (κ1) is 14.6. The molecule has 1 heterocycles. The zero-order valence-corrected chi connectivity index (χ0v) is 11.6. The average molecular weight is 283 g/mol. The van der Waals surface area contributed by atoms with Crippen molar-refractivity contribution in [1.82, 2.24) is 15.5 Å². The van der Waals surface area contributed by atoms with Gasteiger partial charge in [0.1, 0.15) is 6.04 Å². The van der Waals surface area contributed by atoms with E-state index >= 15 is 0 Å². The lowest BCUT2D eigenvalue weighted by molar-refractivity contribution is -0.143. The van der Waals surface area contributed by atoms with Crippen LogP contribution in [0.2, 0.25) is 0 Å². The second-order valence-electron chi connectivity index (χ2n) is 5.58. The Kier molecular flexibility index (Phi) is 4.46. The summed E-state index contributed by atoms with van der Waals surface area (Å²) < 4.78 is 0. The summed E-state index contributed by atoms with van der Waals surface area (Å²) in [5, 5.41) is 14.4. The number of nitrogens with one attached hydrogen (secondary N) is 2. The van der Waals surface area contributed by atoms with E-state index in [0.29, 0.717) is 19.4 Å². The summed E-state index contributed by atoms with van der Waals surface area (Å²) in [7, 11) is 0. The Balaban J connectivity index is 1.80. The van der Waals surface area contributed by atoms with Crippen LogP contribution in [0.25, 0.3) is 0 Å². The van der Waals surface area contributed by atoms with Crippen molar-refractivity contribution in [3.63, 3.8) is 0 Å². The topological polar surface area (TPSA) is 98.7 Å². The normalized spacial score (nSPS) is 23.9. The number of carbonyl (C=O) groups is 3. The van der Waals surface area contributed by atoms with E-state index in [2.05, 4.69) is 10.6 Å². The van der Waals surface area contributed by atoms with Crippen molar-refractivity contribution in [2.24, 2.45) is 5.92 Å². The summed E-state index contributed by atoms with van der Waals surface area (Å²) in [6.07, 6.45) is 3.27. The number of carboxylic acid groups (broad SMARTS) is 1. The van der Waals surface area contributed by atoms with E-state index in [-0.39, 0.29) is 24.5 Å². The Morgan fingerprint density at radius 1 is 1.25 bits per heavy atom. The summed E-state index contributed by atoms with van der Waals surface area (Å²) in [6, 6.07) is -0.712. The largest absolute Gasteiger partial charge is 0.481 e. The maximum absolute atomic E-state index is 12.0. The monoisotopic (exact) mass is 283 g/mol. The van der Waals surface area contributed by atoms with Gasteiger partial charge in [-0.15, -0.1) is 0 Å². The predicted octanol–water partition coefficient (Wildman–Crippen LogP) is 0.160. The number of urea groups is 1. The first-order chi connectivity index (χ1) is 9.47. The molecular formula is C13H21N3O4. The van der Waals surface area contributed by atoms with Crippen LogP contribution in [0.1, 0.15) is 32.6 Å². The number of carbonyl (C=O) groups excluding carboxylic acids is 2. The molecule has 0 spiro atoms. The molecule has 1 saturated heterocycles. The zero-order valence-electron chi connectivity index (χ0n) is 11.6. The van der Waals surface area contributed by atoms with Crippen molar-refractivity contribution in [1.29, 1.82) is 0 Å². The Hall–Kier alpha value is -1.79. The van der Waals surface area contributed by atoms with Crippen LogP contribution < -0.4 is 10.6 Å². The number of hydrogen-bond acceptors (Lipinski definition) is 3. The third-order valence-corrected chi connectivity index (χ3v) is 3.71. The zero-order chi connectivity index (χ0) is 14.7. The fourth-order valence-corrected chi connectivity index (χ4v) is 2.26. The molecule has 0 bridgehead atoms. The van der Waals surface area contributed by atoms with Gasteiger partial charge in [0.15, 0.2) is 0 Å². The standard InChI is InChI=1S/C13H21N3O4/c1-8(11(17)15-10-4-5-10)14-13(20)16-6-2-3-9(7-16)12(18)19/h8-10H,2-7H2,1H3,(H,14,20)(H,15,17)(H,18,19)/t8?,9-/m1/s1. The number of piperidine rings is 1. The first-order valence-corrected chi connectivity index (χ1v) is 7.06. The summed E-state index contributed by atoms with van der Waals surface area (Å²) in [5.41, 5.74) is 0. The highest BCUT2D eigenvalue weighted by Gasteiger charge is 2.30. The molecule has 1 aliphatic carbocycles. The number of hydrogen-bond donors (Lipinski definition) is 3. The molecule has 7 nitrogen and oxygen atoms in total. The van der Waals surface area contributed by atoms with E-state index in [0.717, 1.165) is 12.8 Å². The number of rotatable bonds is 4. The van der Waals surface area contributed by atoms with Crippen LogP contribution in [0.5, 0.6) is 0 Å². The van der Waals surface area contributed by atoms with Gasteiger partial charge in [-0.3, -0.25) is 9.59 Å². The molecule has 1 saturated carbocycles. The molecule has 1 unspecified atom stereocenters. The van der Waals surface area contributed by atoms with Crippen molar-refractivity contribution in [3.8, 4) is 0 Å². The van der Waals surface area contributed by atoms with Crippen LogP contribution in [0.4, 0.5) is 4.79 Å². The number of amides is 3. The molecule has 2 atom stereocenters. The third kappa shape index (κ3) is 3.85. The fourth-order valence-electron chi connectivity index (χ4n) is 2.26. The van der Waals surface area contributed by atoms with E-state index in [9.17, 15) is 14.4 Å². The second kappa shape index (κ2) is 6.11. The minimum Gasteiger partial charge on any atom is -0.481 e. The van der Waals surface area contributed by atoms with Crippen LogP contribution in [0.3, 0.4) is 0 Å². The molecule has 2 fully saturated rings. The maximum atomic E-state index is 12.0. The minimum atomic E-state index is -0.873. The van der Waals surface area contributed by atoms with Crippen molar-refractivity contribution in [3.05, 3.63) is 0 Å². The van der Waals surface area contributed by atoms with Gasteiger partial charge in [0.05, 0.1) is 5.92 Å². The summed E-state index contributed by atoms with van der Waals surface area (Å²) in [5.74, 6) is -1.57. The SMILES string of the molecule is CC(NC(=O)N1CCC[C@@H](C(=O)O)C1)C(=O)NC1CC1. The smallest absolute Gasteiger partial charge is 0.318 e. The molecular weight excluding hydrogens is 262 g/mol. The molecule has 7 heteroatoms. The molecule has 3 amide bonds. The molecule has 0 aromatic heterocycles. The van der Waals surface area contributed by atoms with Gasteiger partial charge in [-0.05, 0) is 32.6 Å². The lowest BCUT2D eigenvalue weighted by Gasteiger charge is -2.31. The van der Waals surface area contributed by atoms with Crippen LogP contribution in [-0.4, -0.2) is 53.1 Å². The van der Waals surface area contributed by atoms with E-state index in [4.69, 9.17) is 5.11 Å². The van der Waals surface area contributed by atoms with Crippen LogP contribution in [-0.2, 0) is 9.59 Å². The van der Waals surface area contributed by atoms with Crippen molar-refractivity contribution in [2.75, 3.05) is 13.1 Å². The van der Waals surface area contributed by atoms with Crippen molar-refractivity contribution in [2.45, 2.75) is 44.7 Å². The summed E-state index contributed by atoms with van der Waals surface area (Å²) in [6.45, 7) is 2.37. The van der Waals surface area contributed by atoms with Gasteiger partial charge >= 0.3 is 12.0 Å². The number of carboxylic acids is 1. The average Bonchev–Trinajstić information content (AvgIpc) is 3.22. The Labute approximate surface area is 117 Å². The molecule has 0 aromatic rings. The van der Waals surface area contributed by atoms with Crippen molar-refractivity contribution >= 4 is 17.9 Å². The fraction of sp³-hybridized carbons (Fsp3) is 0.769. The number of likely N-dealkylation sites (tertiary alicyclic amines) is 1. The number of nitrogens with zero attached hydrogens (tertiary/aromatic N) is 1. The Morgan fingerprint density at radius 2 is 1.95 bits per heavy atom. The van der Waals surface area contributed by atoms with Gasteiger partial charge in [-0.1, -0.05) is 0 Å². The van der Waals surface area contributed by atoms with Gasteiger partial charge in [0.25, 0.3) is 0 Å². The highest BCUT2D eigenvalue weighted by atomic mass is 16.4. The first-order valence-electron chi connectivity index (χ1n) is 7.06. The van der Waals surface area contributed by atoms with Crippen LogP contribution in [0.15, 0.2) is 0 Å². The van der Waals surface area contributed by atoms with Crippen molar-refractivity contribution < 1.29 is 19.5 Å². The quantitative estimate of drug-likeness (QED) is 0.684. The third-order valence-electron chi connectivity index (χ3n) is 3.71. The van der Waals surface area contributed by atoms with Gasteiger partial charge in [-0.25, -0.2) is 4.79 Å². The molecule has 0 aromatic carbocycles. The van der Waals surface area contributed by atoms with Gasteiger partial charge in [0, 0.05) is 19.1 Å². The van der Waals surface area contributed by atoms with Gasteiger partial charge < -0.3 is 20.6 Å².